The molecule has 1 rings (SSSR count). The average Bonchev–Trinajstić information content (AvgIpc) is 2.64. The zero-order chi connectivity index (χ0) is 12.0. The summed E-state index contributed by atoms with van der Waals surface area (Å²) < 4.78 is 10.9. The normalized spacial score (nSPS) is 12.4. The molecule has 90 valence electrons. The lowest BCUT2D eigenvalue weighted by molar-refractivity contribution is -0.148. The predicted molar refractivity (Wildman–Crippen MR) is 66.4 cm³/mol. The molecule has 0 aliphatic heterocycles. The summed E-state index contributed by atoms with van der Waals surface area (Å²) >= 11 is 4.95. The second-order valence-corrected chi connectivity index (χ2v) is 4.86. The molecule has 16 heavy (non-hydrogen) atoms. The second-order valence-electron chi connectivity index (χ2n) is 3.06. The van der Waals surface area contributed by atoms with Gasteiger partial charge in [-0.3, -0.25) is 0 Å². The number of carbonyl (C=O) groups is 1. The summed E-state index contributed by atoms with van der Waals surface area (Å²) in [4.78, 5) is 12.0. The van der Waals surface area contributed by atoms with Crippen molar-refractivity contribution < 1.29 is 14.3 Å². The van der Waals surface area contributed by atoms with Crippen molar-refractivity contribution in [1.29, 1.82) is 0 Å². The van der Waals surface area contributed by atoms with E-state index in [1.54, 1.807) is 18.3 Å². The van der Waals surface area contributed by atoms with Crippen molar-refractivity contribution in [2.75, 3.05) is 19.8 Å². The minimum Gasteiger partial charge on any atom is -0.464 e. The third-order valence-electron chi connectivity index (χ3n) is 1.80. The minimum absolute atomic E-state index is 0.0511. The van der Waals surface area contributed by atoms with E-state index in [9.17, 15) is 4.79 Å². The van der Waals surface area contributed by atoms with Crippen LogP contribution in [0.15, 0.2) is 15.9 Å². The number of ether oxygens (including phenoxy) is 2. The van der Waals surface area contributed by atoms with E-state index < -0.39 is 0 Å². The van der Waals surface area contributed by atoms with Crippen LogP contribution in [-0.4, -0.2) is 25.8 Å². The zero-order valence-electron chi connectivity index (χ0n) is 8.94. The fraction of sp³-hybridized carbons (Fsp3) is 0.500. The maximum absolute atomic E-state index is 11.0. The molecule has 1 unspecified atom stereocenters. The molecule has 1 aromatic heterocycles. The molecular weight excluding hydrogens is 294 g/mol. The van der Waals surface area contributed by atoms with Gasteiger partial charge >= 0.3 is 5.97 Å². The van der Waals surface area contributed by atoms with E-state index in [1.807, 2.05) is 11.4 Å². The first-order chi connectivity index (χ1) is 7.65. The lowest BCUT2D eigenvalue weighted by Crippen LogP contribution is -2.20. The Balaban J connectivity index is 2.28. The van der Waals surface area contributed by atoms with Crippen LogP contribution in [0.2, 0.25) is 0 Å². The second kappa shape index (κ2) is 7.01. The van der Waals surface area contributed by atoms with Gasteiger partial charge in [0.15, 0.2) is 0 Å². The van der Waals surface area contributed by atoms with Gasteiger partial charge in [0.25, 0.3) is 0 Å². The molecule has 0 bridgehead atoms. The monoisotopic (exact) mass is 307 g/mol. The van der Waals surface area contributed by atoms with E-state index in [0.29, 0.717) is 13.2 Å². The smallest absolute Gasteiger partial charge is 0.332 e. The van der Waals surface area contributed by atoms with Crippen molar-refractivity contribution in [3.05, 3.63) is 20.8 Å². The van der Waals surface area contributed by atoms with Gasteiger partial charge in [-0.15, -0.1) is 11.3 Å². The summed E-state index contributed by atoms with van der Waals surface area (Å²) in [5, 5.41) is 1.95. The third kappa shape index (κ3) is 4.21. The first-order valence-electron chi connectivity index (χ1n) is 4.87. The highest BCUT2D eigenvalue weighted by molar-refractivity contribution is 9.10. The standard InChI is InChI=1S/C10H14BrNO3S/c1-2-15-9(13)6-14-5-8(12)10-7(11)3-4-16-10/h3-4,8H,2,5-6,12H2,1H3. The lowest BCUT2D eigenvalue weighted by Gasteiger charge is -2.10. The Kier molecular flexibility index (Phi) is 5.97. The van der Waals surface area contributed by atoms with E-state index >= 15 is 0 Å². The molecule has 0 aliphatic carbocycles. The van der Waals surface area contributed by atoms with Crippen LogP contribution in [0.3, 0.4) is 0 Å². The van der Waals surface area contributed by atoms with E-state index in [1.165, 1.54) is 0 Å². The van der Waals surface area contributed by atoms with Crippen LogP contribution in [0.1, 0.15) is 17.8 Å². The molecule has 0 amide bonds. The van der Waals surface area contributed by atoms with Crippen LogP contribution in [-0.2, 0) is 14.3 Å². The summed E-state index contributed by atoms with van der Waals surface area (Å²) in [6.07, 6.45) is 0. The number of thiophene rings is 1. The molecule has 0 radical (unpaired) electrons. The van der Waals surface area contributed by atoms with Gasteiger partial charge in [0.1, 0.15) is 6.61 Å². The van der Waals surface area contributed by atoms with Crippen LogP contribution >= 0.6 is 27.3 Å². The Morgan fingerprint density at radius 1 is 1.69 bits per heavy atom. The predicted octanol–water partition coefficient (Wildman–Crippen LogP) is 2.09. The highest BCUT2D eigenvalue weighted by Crippen LogP contribution is 2.27. The number of nitrogens with two attached hydrogens (primary N) is 1. The van der Waals surface area contributed by atoms with Gasteiger partial charge in [-0.2, -0.15) is 0 Å². The van der Waals surface area contributed by atoms with Gasteiger partial charge in [0.05, 0.1) is 19.3 Å². The van der Waals surface area contributed by atoms with Crippen molar-refractivity contribution in [3.8, 4) is 0 Å². The molecule has 0 spiro atoms. The molecule has 1 heterocycles. The number of hydrogen-bond acceptors (Lipinski definition) is 5. The lowest BCUT2D eigenvalue weighted by atomic mass is 10.3. The van der Waals surface area contributed by atoms with Crippen LogP contribution in [0.25, 0.3) is 0 Å². The molecule has 0 fully saturated rings. The van der Waals surface area contributed by atoms with Gasteiger partial charge < -0.3 is 15.2 Å². The van der Waals surface area contributed by atoms with Gasteiger partial charge in [0.2, 0.25) is 0 Å². The van der Waals surface area contributed by atoms with E-state index in [-0.39, 0.29) is 18.6 Å². The summed E-state index contributed by atoms with van der Waals surface area (Å²) in [5.74, 6) is -0.361. The molecule has 4 nitrogen and oxygen atoms in total. The molecule has 0 saturated heterocycles. The Morgan fingerprint density at radius 3 is 3.00 bits per heavy atom. The van der Waals surface area contributed by atoms with E-state index in [2.05, 4.69) is 15.9 Å². The van der Waals surface area contributed by atoms with Gasteiger partial charge in [-0.05, 0) is 34.3 Å². The molecule has 0 aliphatic rings. The molecule has 6 heteroatoms. The number of hydrogen-bond donors (Lipinski definition) is 1. The van der Waals surface area contributed by atoms with Crippen LogP contribution < -0.4 is 5.73 Å². The highest BCUT2D eigenvalue weighted by atomic mass is 79.9. The van der Waals surface area contributed by atoms with Crippen molar-refractivity contribution in [2.45, 2.75) is 13.0 Å². The largest absolute Gasteiger partial charge is 0.464 e. The summed E-state index contributed by atoms with van der Waals surface area (Å²) in [5.41, 5.74) is 5.90. The summed E-state index contributed by atoms with van der Waals surface area (Å²) in [6.45, 7) is 2.37. The summed E-state index contributed by atoms with van der Waals surface area (Å²) in [6, 6.07) is 1.72. The Labute approximate surface area is 107 Å². The molecule has 2 N–H and O–H groups in total. The van der Waals surface area contributed by atoms with Crippen molar-refractivity contribution in [2.24, 2.45) is 5.73 Å². The third-order valence-corrected chi connectivity index (χ3v) is 3.81. The number of esters is 1. The van der Waals surface area contributed by atoms with Gasteiger partial charge in [0, 0.05) is 9.35 Å². The van der Waals surface area contributed by atoms with Crippen LogP contribution in [0, 0.1) is 0 Å². The Hall–Kier alpha value is -0.430. The quantitative estimate of drug-likeness (QED) is 0.818. The number of halogens is 1. The summed E-state index contributed by atoms with van der Waals surface area (Å²) in [7, 11) is 0. The highest BCUT2D eigenvalue weighted by Gasteiger charge is 2.12. The molecule has 0 aromatic carbocycles. The SMILES string of the molecule is CCOC(=O)COCC(N)c1sccc1Br. The zero-order valence-corrected chi connectivity index (χ0v) is 11.3. The van der Waals surface area contributed by atoms with Gasteiger partial charge in [-0.1, -0.05) is 0 Å². The Morgan fingerprint density at radius 2 is 2.44 bits per heavy atom. The maximum Gasteiger partial charge on any atom is 0.332 e. The van der Waals surface area contributed by atoms with Crippen molar-refractivity contribution in [3.63, 3.8) is 0 Å². The minimum atomic E-state index is -0.361. The fourth-order valence-electron chi connectivity index (χ4n) is 1.12. The fourth-order valence-corrected chi connectivity index (χ4v) is 2.77. The maximum atomic E-state index is 11.0. The first kappa shape index (κ1) is 13.6. The van der Waals surface area contributed by atoms with Crippen molar-refractivity contribution in [1.82, 2.24) is 0 Å². The number of rotatable bonds is 6. The average molecular weight is 308 g/mol. The molecule has 1 atom stereocenters. The first-order valence-corrected chi connectivity index (χ1v) is 6.54. The Bertz CT molecular complexity index is 343. The van der Waals surface area contributed by atoms with E-state index in [0.717, 1.165) is 9.35 Å². The molecule has 1 aromatic rings. The topological polar surface area (TPSA) is 61.5 Å². The molecule has 0 saturated carbocycles. The van der Waals surface area contributed by atoms with Gasteiger partial charge in [-0.25, -0.2) is 4.79 Å². The van der Waals surface area contributed by atoms with E-state index in [4.69, 9.17) is 15.2 Å². The van der Waals surface area contributed by atoms with Crippen molar-refractivity contribution >= 4 is 33.2 Å². The molecular formula is C10H14BrNO3S. The van der Waals surface area contributed by atoms with Crippen LogP contribution in [0.5, 0.6) is 0 Å². The van der Waals surface area contributed by atoms with Crippen LogP contribution in [0.4, 0.5) is 0 Å². The number of carbonyl (C=O) groups excluding carboxylic acids is 1.